The van der Waals surface area contributed by atoms with E-state index in [2.05, 4.69) is 10.1 Å². The number of rotatable bonds is 0. The standard InChI is InChI=1S/C5H9N3/c6-8-5-1-3-7-4-2-5/h7H,1-4H2. The van der Waals surface area contributed by atoms with Crippen LogP contribution in [-0.2, 0) is 0 Å². The maximum absolute atomic E-state index is 8.25. The molecule has 1 aliphatic rings. The van der Waals surface area contributed by atoms with Crippen LogP contribution in [0.5, 0.6) is 0 Å². The number of nitrogens with zero attached hydrogens (tertiary/aromatic N) is 2. The molecule has 0 unspecified atom stereocenters. The van der Waals surface area contributed by atoms with Crippen LogP contribution < -0.4 is 5.32 Å². The lowest BCUT2D eigenvalue weighted by molar-refractivity contribution is -0.0124. The first-order chi connectivity index (χ1) is 3.93. The molecule has 1 aliphatic heterocycles. The number of hydrogen-bond acceptors (Lipinski definition) is 1. The third kappa shape index (κ3) is 1.15. The molecule has 1 rings (SSSR count). The molecule has 0 atom stereocenters. The Morgan fingerprint density at radius 2 is 2.00 bits per heavy atom. The average Bonchev–Trinajstić information content (AvgIpc) is 1.90. The number of piperidine rings is 1. The van der Waals surface area contributed by atoms with Crippen LogP contribution >= 0.6 is 0 Å². The van der Waals surface area contributed by atoms with Gasteiger partial charge in [-0.3, -0.25) is 0 Å². The molecule has 0 spiro atoms. The lowest BCUT2D eigenvalue weighted by atomic mass is 10.1. The van der Waals surface area contributed by atoms with Crippen LogP contribution in [0.2, 0.25) is 0 Å². The predicted octanol–water partition coefficient (Wildman–Crippen LogP) is 0.0406. The van der Waals surface area contributed by atoms with Gasteiger partial charge < -0.3 is 10.8 Å². The Bertz CT molecular complexity index is 116. The average molecular weight is 111 g/mol. The van der Waals surface area contributed by atoms with Gasteiger partial charge in [-0.25, -0.2) is 0 Å². The van der Waals surface area contributed by atoms with Crippen molar-refractivity contribution in [3.63, 3.8) is 0 Å². The zero-order valence-corrected chi connectivity index (χ0v) is 4.72. The van der Waals surface area contributed by atoms with Crippen LogP contribution in [-0.4, -0.2) is 23.6 Å². The molecule has 1 N–H and O–H groups in total. The van der Waals surface area contributed by atoms with Crippen molar-refractivity contribution in [3.05, 3.63) is 5.53 Å². The van der Waals surface area contributed by atoms with Crippen molar-refractivity contribution in [2.24, 2.45) is 0 Å². The summed E-state index contributed by atoms with van der Waals surface area (Å²) >= 11 is 0. The van der Waals surface area contributed by atoms with Crippen molar-refractivity contribution in [1.82, 2.24) is 5.32 Å². The van der Waals surface area contributed by atoms with E-state index in [4.69, 9.17) is 5.53 Å². The normalized spacial score (nSPS) is 20.2. The maximum atomic E-state index is 8.25. The summed E-state index contributed by atoms with van der Waals surface area (Å²) in [6, 6.07) is 0. The summed E-state index contributed by atoms with van der Waals surface area (Å²) in [5, 5.41) is 3.16. The Balaban J connectivity index is 2.45. The van der Waals surface area contributed by atoms with Crippen molar-refractivity contribution in [1.29, 1.82) is 0 Å². The molecule has 44 valence electrons. The second-order valence-electron chi connectivity index (χ2n) is 1.92. The molecule has 1 saturated heterocycles. The molecule has 3 nitrogen and oxygen atoms in total. The van der Waals surface area contributed by atoms with Crippen LogP contribution in [0.3, 0.4) is 0 Å². The smallest absolute Gasteiger partial charge is 0.271 e. The first-order valence-electron chi connectivity index (χ1n) is 2.84. The van der Waals surface area contributed by atoms with Gasteiger partial charge in [-0.15, -0.1) is 0 Å². The van der Waals surface area contributed by atoms with E-state index in [1.807, 2.05) is 0 Å². The SMILES string of the molecule is [N-]=[N+]=C1CCNCC1. The van der Waals surface area contributed by atoms with Gasteiger partial charge in [0, 0.05) is 13.1 Å². The van der Waals surface area contributed by atoms with Gasteiger partial charge in [-0.2, -0.15) is 4.79 Å². The third-order valence-corrected chi connectivity index (χ3v) is 1.32. The van der Waals surface area contributed by atoms with Crippen LogP contribution in [0.25, 0.3) is 5.53 Å². The molecule has 0 amide bonds. The monoisotopic (exact) mass is 111 g/mol. The Kier molecular flexibility index (Phi) is 1.78. The zero-order valence-electron chi connectivity index (χ0n) is 4.72. The molecule has 3 heteroatoms. The fourth-order valence-corrected chi connectivity index (χ4v) is 0.815. The third-order valence-electron chi connectivity index (χ3n) is 1.32. The largest absolute Gasteiger partial charge is 0.362 e. The van der Waals surface area contributed by atoms with Gasteiger partial charge in [0.1, 0.15) is 0 Å². The summed E-state index contributed by atoms with van der Waals surface area (Å²) < 4.78 is 0. The molecule has 0 aromatic heterocycles. The molecule has 0 aromatic carbocycles. The Labute approximate surface area is 48.3 Å². The Hall–Kier alpha value is -0.660. The first kappa shape index (κ1) is 5.48. The van der Waals surface area contributed by atoms with E-state index in [1.54, 1.807) is 0 Å². The summed E-state index contributed by atoms with van der Waals surface area (Å²) in [6.45, 7) is 1.92. The van der Waals surface area contributed by atoms with Gasteiger partial charge in [0.2, 0.25) is 0 Å². The lowest BCUT2D eigenvalue weighted by Gasteiger charge is -2.05. The number of hydrogen-bond donors (Lipinski definition) is 1. The van der Waals surface area contributed by atoms with Crippen LogP contribution in [0.15, 0.2) is 0 Å². The van der Waals surface area contributed by atoms with Crippen LogP contribution in [0.4, 0.5) is 0 Å². The summed E-state index contributed by atoms with van der Waals surface area (Å²) in [4.78, 5) is 3.12. The molecule has 0 aliphatic carbocycles. The molecule has 8 heavy (non-hydrogen) atoms. The minimum absolute atomic E-state index is 0.899. The highest BCUT2D eigenvalue weighted by Crippen LogP contribution is 1.92. The second kappa shape index (κ2) is 2.60. The zero-order chi connectivity index (χ0) is 5.82. The van der Waals surface area contributed by atoms with Crippen molar-refractivity contribution in [3.8, 4) is 0 Å². The second-order valence-corrected chi connectivity index (χ2v) is 1.92. The van der Waals surface area contributed by atoms with E-state index < -0.39 is 0 Å². The van der Waals surface area contributed by atoms with Crippen molar-refractivity contribution >= 4 is 5.71 Å². The fourth-order valence-electron chi connectivity index (χ4n) is 0.815. The summed E-state index contributed by atoms with van der Waals surface area (Å²) in [7, 11) is 0. The summed E-state index contributed by atoms with van der Waals surface area (Å²) in [5.41, 5.74) is 9.17. The van der Waals surface area contributed by atoms with Crippen molar-refractivity contribution in [2.75, 3.05) is 13.1 Å². The van der Waals surface area contributed by atoms with E-state index in [-0.39, 0.29) is 0 Å². The van der Waals surface area contributed by atoms with Crippen molar-refractivity contribution < 1.29 is 4.79 Å². The molecular formula is C5H9N3. The fraction of sp³-hybridized carbons (Fsp3) is 0.800. The van der Waals surface area contributed by atoms with Crippen LogP contribution in [0, 0.1) is 0 Å². The molecule has 0 aromatic rings. The quantitative estimate of drug-likeness (QED) is 0.348. The van der Waals surface area contributed by atoms with Crippen LogP contribution in [0.1, 0.15) is 12.8 Å². The molecule has 0 saturated carbocycles. The minimum atomic E-state index is 0.899. The highest BCUT2D eigenvalue weighted by atomic mass is 14.9. The maximum Gasteiger partial charge on any atom is 0.271 e. The van der Waals surface area contributed by atoms with E-state index in [1.165, 1.54) is 0 Å². The van der Waals surface area contributed by atoms with E-state index >= 15 is 0 Å². The Morgan fingerprint density at radius 3 is 2.38 bits per heavy atom. The predicted molar refractivity (Wildman–Crippen MR) is 30.7 cm³/mol. The van der Waals surface area contributed by atoms with E-state index in [0.717, 1.165) is 31.6 Å². The minimum Gasteiger partial charge on any atom is -0.362 e. The highest BCUT2D eigenvalue weighted by Gasteiger charge is 2.11. The highest BCUT2D eigenvalue weighted by molar-refractivity contribution is 5.79. The molecular weight excluding hydrogens is 102 g/mol. The Morgan fingerprint density at radius 1 is 1.38 bits per heavy atom. The first-order valence-corrected chi connectivity index (χ1v) is 2.84. The molecule has 1 fully saturated rings. The molecule has 0 radical (unpaired) electrons. The summed E-state index contributed by atoms with van der Waals surface area (Å²) in [5.74, 6) is 0. The van der Waals surface area contributed by atoms with Gasteiger partial charge in [0.05, 0.1) is 12.8 Å². The van der Waals surface area contributed by atoms with E-state index in [9.17, 15) is 0 Å². The topological polar surface area (TPSA) is 48.4 Å². The van der Waals surface area contributed by atoms with Gasteiger partial charge >= 0.3 is 0 Å². The molecule has 1 heterocycles. The van der Waals surface area contributed by atoms with Gasteiger partial charge in [-0.1, -0.05) is 0 Å². The van der Waals surface area contributed by atoms with Gasteiger partial charge in [0.25, 0.3) is 5.71 Å². The van der Waals surface area contributed by atoms with E-state index in [0.29, 0.717) is 0 Å². The van der Waals surface area contributed by atoms with Gasteiger partial charge in [-0.05, 0) is 0 Å². The molecule has 0 bridgehead atoms. The lowest BCUT2D eigenvalue weighted by Crippen LogP contribution is -2.28. The summed E-state index contributed by atoms with van der Waals surface area (Å²) in [6.07, 6.45) is 1.80. The van der Waals surface area contributed by atoms with Crippen molar-refractivity contribution in [2.45, 2.75) is 12.8 Å². The number of nitrogens with one attached hydrogen (secondary N) is 1. The van der Waals surface area contributed by atoms with Gasteiger partial charge in [0.15, 0.2) is 0 Å².